The van der Waals surface area contributed by atoms with Gasteiger partial charge in [0.1, 0.15) is 0 Å². The summed E-state index contributed by atoms with van der Waals surface area (Å²) in [5, 5.41) is 11.6. The number of amides is 2. The molecule has 0 aromatic carbocycles. The molecule has 1 atom stereocenters. The fraction of sp³-hybridized carbons (Fsp3) is 0.700. The van der Waals surface area contributed by atoms with E-state index in [1.807, 2.05) is 19.1 Å². The Kier molecular flexibility index (Phi) is 6.84. The Morgan fingerprint density at radius 2 is 2.29 bits per heavy atom. The van der Waals surface area contributed by atoms with Crippen LogP contribution in [0.5, 0.6) is 0 Å². The maximum absolute atomic E-state index is 11.4. The quantitative estimate of drug-likeness (QED) is 0.513. The predicted octanol–water partition coefficient (Wildman–Crippen LogP) is 0.975. The van der Waals surface area contributed by atoms with Gasteiger partial charge in [-0.3, -0.25) is 0 Å². The van der Waals surface area contributed by atoms with Crippen LogP contribution in [0.15, 0.2) is 12.2 Å². The van der Waals surface area contributed by atoms with Crippen LogP contribution in [0.2, 0.25) is 0 Å². The normalized spacial score (nSPS) is 12.9. The number of aliphatic hydroxyl groups excluding tert-OH is 1. The summed E-state index contributed by atoms with van der Waals surface area (Å²) in [4.78, 5) is 12.9. The number of likely N-dealkylation sites (N-methyl/N-ethyl adjacent to an activating group) is 1. The Labute approximate surface area is 85.6 Å². The molecule has 0 aromatic rings. The zero-order valence-corrected chi connectivity index (χ0v) is 9.16. The highest BCUT2D eigenvalue weighted by molar-refractivity contribution is 5.74. The van der Waals surface area contributed by atoms with Gasteiger partial charge in [0.25, 0.3) is 0 Å². The molecule has 0 aromatic heterocycles. The number of aliphatic hydroxyl groups is 1. The molecule has 2 N–H and O–H groups in total. The summed E-state index contributed by atoms with van der Waals surface area (Å²) in [7, 11) is 1.67. The molecule has 0 saturated heterocycles. The molecule has 0 bridgehead atoms. The molecule has 4 heteroatoms. The summed E-state index contributed by atoms with van der Waals surface area (Å²) in [6.07, 6.45) is 4.78. The molecule has 0 radical (unpaired) electrons. The zero-order valence-electron chi connectivity index (χ0n) is 9.16. The van der Waals surface area contributed by atoms with Crippen molar-refractivity contribution in [3.8, 4) is 0 Å². The van der Waals surface area contributed by atoms with Gasteiger partial charge in [-0.2, -0.15) is 0 Å². The van der Waals surface area contributed by atoms with E-state index in [0.29, 0.717) is 6.54 Å². The largest absolute Gasteiger partial charge is 0.394 e. The van der Waals surface area contributed by atoms with Crippen molar-refractivity contribution in [3.05, 3.63) is 12.2 Å². The Balaban J connectivity index is 3.72. The third-order valence-electron chi connectivity index (χ3n) is 2.07. The number of urea groups is 1. The van der Waals surface area contributed by atoms with Gasteiger partial charge in [-0.05, 0) is 20.3 Å². The molecule has 82 valence electrons. The molecule has 14 heavy (non-hydrogen) atoms. The Morgan fingerprint density at radius 1 is 1.64 bits per heavy atom. The lowest BCUT2D eigenvalue weighted by atomic mass is 10.3. The van der Waals surface area contributed by atoms with E-state index in [2.05, 4.69) is 5.32 Å². The van der Waals surface area contributed by atoms with Gasteiger partial charge in [0.15, 0.2) is 0 Å². The van der Waals surface area contributed by atoms with Gasteiger partial charge >= 0.3 is 6.03 Å². The Bertz CT molecular complexity index is 193. The van der Waals surface area contributed by atoms with Gasteiger partial charge in [-0.25, -0.2) is 4.79 Å². The zero-order chi connectivity index (χ0) is 11.0. The van der Waals surface area contributed by atoms with Crippen LogP contribution in [0.3, 0.4) is 0 Å². The van der Waals surface area contributed by atoms with Crippen LogP contribution in [0.25, 0.3) is 0 Å². The van der Waals surface area contributed by atoms with Crippen molar-refractivity contribution in [2.45, 2.75) is 26.3 Å². The predicted molar refractivity (Wildman–Crippen MR) is 57.1 cm³/mol. The Hall–Kier alpha value is -1.03. The van der Waals surface area contributed by atoms with Crippen molar-refractivity contribution < 1.29 is 9.90 Å². The molecule has 0 fully saturated rings. The third kappa shape index (κ3) is 4.87. The van der Waals surface area contributed by atoms with Crippen molar-refractivity contribution in [2.75, 3.05) is 20.2 Å². The van der Waals surface area contributed by atoms with Crippen LogP contribution in [-0.2, 0) is 0 Å². The topological polar surface area (TPSA) is 52.6 Å². The maximum atomic E-state index is 11.4. The van der Waals surface area contributed by atoms with Crippen LogP contribution < -0.4 is 5.32 Å². The molecule has 1 unspecified atom stereocenters. The second-order valence-electron chi connectivity index (χ2n) is 3.23. The van der Waals surface area contributed by atoms with E-state index in [4.69, 9.17) is 5.11 Å². The van der Waals surface area contributed by atoms with Gasteiger partial charge in [-0.1, -0.05) is 12.2 Å². The lowest BCUT2D eigenvalue weighted by Crippen LogP contribution is -2.44. The van der Waals surface area contributed by atoms with E-state index in [-0.39, 0.29) is 18.7 Å². The lowest BCUT2D eigenvalue weighted by Gasteiger charge is -2.23. The number of nitrogens with zero attached hydrogens (tertiary/aromatic N) is 1. The number of carbonyl (C=O) groups is 1. The van der Waals surface area contributed by atoms with E-state index in [0.717, 1.165) is 6.42 Å². The molecule has 0 aliphatic heterocycles. The number of nitrogens with one attached hydrogen (secondary N) is 1. The standard InChI is InChI=1S/C10H20N2O2/c1-4-5-6-7-11-10(14)12(3)9(2)8-13/h4-5,9,13H,6-8H2,1-3H3,(H,11,14)/b5-4+. The first kappa shape index (κ1) is 13.0. The second kappa shape index (κ2) is 7.38. The lowest BCUT2D eigenvalue weighted by molar-refractivity contribution is 0.157. The highest BCUT2D eigenvalue weighted by Gasteiger charge is 2.13. The summed E-state index contributed by atoms with van der Waals surface area (Å²) in [6, 6.07) is -0.284. The number of hydrogen-bond acceptors (Lipinski definition) is 2. The molecule has 0 saturated carbocycles. The fourth-order valence-electron chi connectivity index (χ4n) is 0.876. The van der Waals surface area contributed by atoms with E-state index >= 15 is 0 Å². The van der Waals surface area contributed by atoms with Gasteiger partial charge < -0.3 is 15.3 Å². The number of allylic oxidation sites excluding steroid dienone is 1. The molecular formula is C10H20N2O2. The van der Waals surface area contributed by atoms with E-state index in [1.54, 1.807) is 14.0 Å². The number of hydrogen-bond donors (Lipinski definition) is 2. The summed E-state index contributed by atoms with van der Waals surface area (Å²) in [6.45, 7) is 4.36. The SMILES string of the molecule is C/C=C/CCNC(=O)N(C)C(C)CO. The van der Waals surface area contributed by atoms with E-state index in [9.17, 15) is 4.79 Å². The minimum atomic E-state index is -0.143. The highest BCUT2D eigenvalue weighted by Crippen LogP contribution is 1.94. The molecule has 4 nitrogen and oxygen atoms in total. The van der Waals surface area contributed by atoms with Crippen molar-refractivity contribution in [1.29, 1.82) is 0 Å². The number of rotatable bonds is 5. The molecule has 0 spiro atoms. The summed E-state index contributed by atoms with van der Waals surface area (Å²) in [5.74, 6) is 0. The van der Waals surface area contributed by atoms with Crippen LogP contribution in [-0.4, -0.2) is 42.3 Å². The van der Waals surface area contributed by atoms with Crippen LogP contribution in [0.4, 0.5) is 4.79 Å². The Morgan fingerprint density at radius 3 is 2.79 bits per heavy atom. The van der Waals surface area contributed by atoms with Crippen molar-refractivity contribution in [2.24, 2.45) is 0 Å². The van der Waals surface area contributed by atoms with Crippen molar-refractivity contribution >= 4 is 6.03 Å². The molecule has 0 heterocycles. The minimum Gasteiger partial charge on any atom is -0.394 e. The van der Waals surface area contributed by atoms with Crippen LogP contribution >= 0.6 is 0 Å². The summed E-state index contributed by atoms with van der Waals surface area (Å²) < 4.78 is 0. The average Bonchev–Trinajstić information content (AvgIpc) is 2.21. The first-order chi connectivity index (χ1) is 6.63. The summed E-state index contributed by atoms with van der Waals surface area (Å²) >= 11 is 0. The fourth-order valence-corrected chi connectivity index (χ4v) is 0.876. The number of carbonyl (C=O) groups excluding carboxylic acids is 1. The average molecular weight is 200 g/mol. The van der Waals surface area contributed by atoms with Gasteiger partial charge in [0.05, 0.1) is 12.6 Å². The highest BCUT2D eigenvalue weighted by atomic mass is 16.3. The van der Waals surface area contributed by atoms with Crippen molar-refractivity contribution in [1.82, 2.24) is 10.2 Å². The molecule has 0 rings (SSSR count). The second-order valence-corrected chi connectivity index (χ2v) is 3.23. The van der Waals surface area contributed by atoms with Gasteiger partial charge in [-0.15, -0.1) is 0 Å². The van der Waals surface area contributed by atoms with Gasteiger partial charge in [0.2, 0.25) is 0 Å². The maximum Gasteiger partial charge on any atom is 0.317 e. The first-order valence-corrected chi connectivity index (χ1v) is 4.86. The first-order valence-electron chi connectivity index (χ1n) is 4.86. The van der Waals surface area contributed by atoms with Gasteiger partial charge in [0, 0.05) is 13.6 Å². The molecular weight excluding hydrogens is 180 g/mol. The molecule has 0 aliphatic rings. The van der Waals surface area contributed by atoms with E-state index in [1.165, 1.54) is 4.90 Å². The third-order valence-corrected chi connectivity index (χ3v) is 2.07. The van der Waals surface area contributed by atoms with Crippen LogP contribution in [0.1, 0.15) is 20.3 Å². The summed E-state index contributed by atoms with van der Waals surface area (Å²) in [5.41, 5.74) is 0. The van der Waals surface area contributed by atoms with Crippen LogP contribution in [0, 0.1) is 0 Å². The van der Waals surface area contributed by atoms with Crippen molar-refractivity contribution in [3.63, 3.8) is 0 Å². The minimum absolute atomic E-state index is 0.0151. The monoisotopic (exact) mass is 200 g/mol. The molecule has 0 aliphatic carbocycles. The smallest absolute Gasteiger partial charge is 0.317 e. The van der Waals surface area contributed by atoms with E-state index < -0.39 is 0 Å². The molecule has 2 amide bonds.